The minimum Gasteiger partial charge on any atom is -0.357 e. The van der Waals surface area contributed by atoms with Gasteiger partial charge in [0.1, 0.15) is 0 Å². The van der Waals surface area contributed by atoms with Crippen LogP contribution in [0.2, 0.25) is 0 Å². The molecule has 1 aliphatic carbocycles. The van der Waals surface area contributed by atoms with Gasteiger partial charge in [0.25, 0.3) is 0 Å². The summed E-state index contributed by atoms with van der Waals surface area (Å²) in [4.78, 5) is 15.0. The van der Waals surface area contributed by atoms with Crippen molar-refractivity contribution in [3.05, 3.63) is 58.5 Å². The van der Waals surface area contributed by atoms with Gasteiger partial charge in [-0.25, -0.2) is 0 Å². The summed E-state index contributed by atoms with van der Waals surface area (Å²) in [7, 11) is 2.03. The lowest BCUT2D eigenvalue weighted by Crippen LogP contribution is -2.28. The van der Waals surface area contributed by atoms with Gasteiger partial charge in [-0.1, -0.05) is 41.5 Å². The van der Waals surface area contributed by atoms with Crippen LogP contribution in [0.15, 0.2) is 58.5 Å². The lowest BCUT2D eigenvalue weighted by molar-refractivity contribution is -0.114. The first kappa shape index (κ1) is 17.5. The van der Waals surface area contributed by atoms with Crippen molar-refractivity contribution in [2.75, 3.05) is 7.05 Å². The molecular weight excluding hydrogens is 282 g/mol. The Balaban J connectivity index is 2.69. The zero-order chi connectivity index (χ0) is 17.6. The van der Waals surface area contributed by atoms with Crippen molar-refractivity contribution in [2.45, 2.75) is 48.5 Å². The van der Waals surface area contributed by atoms with Gasteiger partial charge in [-0.3, -0.25) is 4.79 Å². The summed E-state index contributed by atoms with van der Waals surface area (Å²) in [5.41, 5.74) is 5.01. The monoisotopic (exact) mass is 311 g/mol. The largest absolute Gasteiger partial charge is 0.357 e. The van der Waals surface area contributed by atoms with Gasteiger partial charge in [-0.2, -0.15) is 0 Å². The van der Waals surface area contributed by atoms with Crippen LogP contribution in [0.5, 0.6) is 0 Å². The summed E-state index contributed by atoms with van der Waals surface area (Å²) >= 11 is 0. The second kappa shape index (κ2) is 5.67. The average molecular weight is 311 g/mol. The van der Waals surface area contributed by atoms with E-state index in [-0.39, 0.29) is 16.6 Å². The summed E-state index contributed by atoms with van der Waals surface area (Å²) in [6.07, 6.45) is 10.5. The minimum atomic E-state index is -0.166. The van der Waals surface area contributed by atoms with E-state index in [1.807, 2.05) is 7.05 Å². The Labute approximate surface area is 140 Å². The summed E-state index contributed by atoms with van der Waals surface area (Å²) in [5.74, 6) is 0.188. The van der Waals surface area contributed by atoms with Gasteiger partial charge in [-0.05, 0) is 52.7 Å². The van der Waals surface area contributed by atoms with Crippen LogP contribution < -0.4 is 0 Å². The molecule has 2 nitrogen and oxygen atoms in total. The van der Waals surface area contributed by atoms with Crippen molar-refractivity contribution in [1.29, 1.82) is 0 Å². The summed E-state index contributed by atoms with van der Waals surface area (Å²) < 4.78 is 0. The highest BCUT2D eigenvalue weighted by atomic mass is 16.1. The minimum absolute atomic E-state index is 0.166. The molecule has 2 heteroatoms. The van der Waals surface area contributed by atoms with E-state index in [9.17, 15) is 4.79 Å². The number of carbonyl (C=O) groups is 1. The number of ketones is 1. The molecule has 0 N–H and O–H groups in total. The van der Waals surface area contributed by atoms with Gasteiger partial charge in [0.15, 0.2) is 5.78 Å². The summed E-state index contributed by atoms with van der Waals surface area (Å²) in [6.45, 7) is 14.8. The number of carbonyl (C=O) groups excluding carboxylic acids is 1. The highest BCUT2D eigenvalue weighted by Crippen LogP contribution is 2.40. The standard InChI is InChI=1S/C21H29NO/c1-14-13-22(8)10-9-16(14)15-11-17(20(2,3)4)19(23)18(12-15)21(5,6)7/h9-13H,1-8H3. The lowest BCUT2D eigenvalue weighted by Gasteiger charge is -2.32. The van der Waals surface area contributed by atoms with Crippen molar-refractivity contribution in [2.24, 2.45) is 10.8 Å². The third kappa shape index (κ3) is 3.57. The maximum atomic E-state index is 13.0. The average Bonchev–Trinajstić information content (AvgIpc) is 2.36. The van der Waals surface area contributed by atoms with E-state index >= 15 is 0 Å². The van der Waals surface area contributed by atoms with Crippen LogP contribution in [-0.2, 0) is 4.79 Å². The smallest absolute Gasteiger partial charge is 0.186 e. The van der Waals surface area contributed by atoms with E-state index in [0.717, 1.165) is 16.7 Å². The van der Waals surface area contributed by atoms with Gasteiger partial charge in [0.05, 0.1) is 0 Å². The van der Waals surface area contributed by atoms with Crippen molar-refractivity contribution < 1.29 is 4.79 Å². The molecule has 0 atom stereocenters. The van der Waals surface area contributed by atoms with Crippen LogP contribution in [-0.4, -0.2) is 17.7 Å². The molecule has 0 amide bonds. The Hall–Kier alpha value is -1.83. The molecular formula is C21H29NO. The van der Waals surface area contributed by atoms with Gasteiger partial charge in [-0.15, -0.1) is 0 Å². The SMILES string of the molecule is CC1=CN(C)C=CC1=C1C=C(C(C)(C)C)C(=O)C(C(C)(C)C)=C1. The Morgan fingerprint density at radius 3 is 1.78 bits per heavy atom. The van der Waals surface area contributed by atoms with E-state index in [1.165, 1.54) is 11.1 Å². The van der Waals surface area contributed by atoms with Crippen LogP contribution in [0.25, 0.3) is 0 Å². The molecule has 0 aromatic rings. The molecule has 0 saturated heterocycles. The maximum absolute atomic E-state index is 13.0. The van der Waals surface area contributed by atoms with Gasteiger partial charge >= 0.3 is 0 Å². The molecule has 0 spiro atoms. The molecule has 0 fully saturated rings. The molecule has 0 radical (unpaired) electrons. The number of hydrogen-bond donors (Lipinski definition) is 0. The number of rotatable bonds is 0. The second-order valence-electron chi connectivity index (χ2n) is 8.61. The fourth-order valence-electron chi connectivity index (χ4n) is 2.96. The predicted molar refractivity (Wildman–Crippen MR) is 97.8 cm³/mol. The van der Waals surface area contributed by atoms with Crippen molar-refractivity contribution >= 4 is 5.78 Å². The molecule has 124 valence electrons. The first-order chi connectivity index (χ1) is 10.4. The van der Waals surface area contributed by atoms with E-state index in [1.54, 1.807) is 0 Å². The van der Waals surface area contributed by atoms with E-state index in [0.29, 0.717) is 0 Å². The van der Waals surface area contributed by atoms with E-state index in [4.69, 9.17) is 0 Å². The van der Waals surface area contributed by atoms with Crippen LogP contribution in [0.4, 0.5) is 0 Å². The second-order valence-corrected chi connectivity index (χ2v) is 8.61. The first-order valence-electron chi connectivity index (χ1n) is 8.23. The quantitative estimate of drug-likeness (QED) is 0.615. The third-order valence-electron chi connectivity index (χ3n) is 4.31. The number of Topliss-reactive ketones (excluding diaryl/α,β-unsaturated/α-hetero) is 1. The Morgan fingerprint density at radius 2 is 1.39 bits per heavy atom. The summed E-state index contributed by atoms with van der Waals surface area (Å²) in [5, 5.41) is 0. The zero-order valence-corrected chi connectivity index (χ0v) is 15.7. The predicted octanol–water partition coefficient (Wildman–Crippen LogP) is 5.17. The third-order valence-corrected chi connectivity index (χ3v) is 4.31. The molecule has 0 saturated carbocycles. The fourth-order valence-corrected chi connectivity index (χ4v) is 2.96. The molecule has 2 rings (SSSR count). The molecule has 2 aliphatic rings. The number of allylic oxidation sites excluding steroid dienone is 8. The van der Waals surface area contributed by atoms with Crippen LogP contribution in [0.3, 0.4) is 0 Å². The highest BCUT2D eigenvalue weighted by Gasteiger charge is 2.34. The van der Waals surface area contributed by atoms with E-state index in [2.05, 4.69) is 84.0 Å². The molecule has 0 aromatic heterocycles. The zero-order valence-electron chi connectivity index (χ0n) is 15.7. The molecule has 0 bridgehead atoms. The fraction of sp³-hybridized carbons (Fsp3) is 0.476. The summed E-state index contributed by atoms with van der Waals surface area (Å²) in [6, 6.07) is 0. The van der Waals surface area contributed by atoms with Crippen LogP contribution >= 0.6 is 0 Å². The molecule has 1 heterocycles. The molecule has 0 unspecified atom stereocenters. The van der Waals surface area contributed by atoms with Crippen molar-refractivity contribution in [1.82, 2.24) is 4.90 Å². The van der Waals surface area contributed by atoms with E-state index < -0.39 is 0 Å². The lowest BCUT2D eigenvalue weighted by atomic mass is 9.71. The van der Waals surface area contributed by atoms with Crippen molar-refractivity contribution in [3.63, 3.8) is 0 Å². The van der Waals surface area contributed by atoms with Crippen LogP contribution in [0, 0.1) is 10.8 Å². The molecule has 1 aliphatic heterocycles. The van der Waals surface area contributed by atoms with Crippen LogP contribution in [0.1, 0.15) is 48.5 Å². The normalized spacial score (nSPS) is 19.7. The van der Waals surface area contributed by atoms with Gasteiger partial charge < -0.3 is 4.90 Å². The Morgan fingerprint density at radius 1 is 0.913 bits per heavy atom. The molecule has 23 heavy (non-hydrogen) atoms. The van der Waals surface area contributed by atoms with Crippen molar-refractivity contribution in [3.8, 4) is 0 Å². The first-order valence-corrected chi connectivity index (χ1v) is 8.23. The number of nitrogens with zero attached hydrogens (tertiary/aromatic N) is 1. The maximum Gasteiger partial charge on any atom is 0.186 e. The Bertz CT molecular complexity index is 646. The topological polar surface area (TPSA) is 20.3 Å². The molecule has 0 aromatic carbocycles. The van der Waals surface area contributed by atoms with Gasteiger partial charge in [0, 0.05) is 30.6 Å². The number of hydrogen-bond acceptors (Lipinski definition) is 2. The Kier molecular flexibility index (Phi) is 4.32. The highest BCUT2D eigenvalue weighted by molar-refractivity contribution is 6.12. The van der Waals surface area contributed by atoms with Gasteiger partial charge in [0.2, 0.25) is 0 Å².